The number of carbonyl (C=O) groups excluding carboxylic acids is 11. The van der Waals surface area contributed by atoms with Crippen LogP contribution in [0.3, 0.4) is 0 Å². The number of carbonyl (C=O) groups is 12. The van der Waals surface area contributed by atoms with Gasteiger partial charge >= 0.3 is 5.97 Å². The predicted octanol–water partition coefficient (Wildman–Crippen LogP) is -2.83. The Bertz CT molecular complexity index is 2140. The molecule has 79 heavy (non-hydrogen) atoms. The third-order valence-corrected chi connectivity index (χ3v) is 14.2. The van der Waals surface area contributed by atoms with Crippen molar-refractivity contribution < 1.29 is 72.9 Å². The van der Waals surface area contributed by atoms with Crippen LogP contribution in [0.2, 0.25) is 0 Å². The molecule has 2 fully saturated rings. The maximum atomic E-state index is 14.5. The highest BCUT2D eigenvalue weighted by molar-refractivity contribution is 5.99. The van der Waals surface area contributed by atoms with Crippen LogP contribution in [0.25, 0.3) is 0 Å². The van der Waals surface area contributed by atoms with Crippen molar-refractivity contribution in [2.75, 3.05) is 13.1 Å². The van der Waals surface area contributed by atoms with Crippen molar-refractivity contribution >= 4 is 70.9 Å². The molecular weight excluding hydrogens is 1030 g/mol. The Morgan fingerprint density at radius 2 is 0.924 bits per heavy atom. The molecule has 448 valence electrons. The van der Waals surface area contributed by atoms with Crippen LogP contribution in [-0.4, -0.2) is 177 Å². The number of primary amides is 2. The van der Waals surface area contributed by atoms with Crippen molar-refractivity contribution in [1.82, 2.24) is 52.8 Å². The Labute approximate surface area is 462 Å². The summed E-state index contributed by atoms with van der Waals surface area (Å²) in [5, 5.41) is 54.5. The fourth-order valence-electron chi connectivity index (χ4n) is 9.18. The minimum Gasteiger partial charge on any atom is -0.480 e. The molecule has 0 radical (unpaired) electrons. The van der Waals surface area contributed by atoms with Gasteiger partial charge in [-0.1, -0.05) is 68.2 Å². The molecule has 0 aromatic carbocycles. The summed E-state index contributed by atoms with van der Waals surface area (Å²) in [4.78, 5) is 162. The molecule has 2 heterocycles. The number of aliphatic hydroxyl groups excluding tert-OH is 2. The van der Waals surface area contributed by atoms with E-state index < -0.39 is 162 Å². The Hall–Kier alpha value is -6.48. The van der Waals surface area contributed by atoms with E-state index in [2.05, 4.69) is 47.9 Å². The van der Waals surface area contributed by atoms with Crippen LogP contribution in [0.4, 0.5) is 0 Å². The average Bonchev–Trinajstić information content (AvgIpc) is 4.10. The lowest BCUT2D eigenvalue weighted by Gasteiger charge is -2.32. The smallest absolute Gasteiger partial charge is 0.326 e. The van der Waals surface area contributed by atoms with Crippen LogP contribution in [0.5, 0.6) is 0 Å². The van der Waals surface area contributed by atoms with Crippen molar-refractivity contribution in [3.05, 3.63) is 0 Å². The van der Waals surface area contributed by atoms with E-state index in [-0.39, 0.29) is 56.9 Å². The highest BCUT2D eigenvalue weighted by Crippen LogP contribution is 2.22. The molecule has 2 aliphatic rings. The van der Waals surface area contributed by atoms with Gasteiger partial charge in [-0.2, -0.15) is 0 Å². The third-order valence-electron chi connectivity index (χ3n) is 14.2. The lowest BCUT2D eigenvalue weighted by Crippen LogP contribution is -2.63. The van der Waals surface area contributed by atoms with Gasteiger partial charge in [0, 0.05) is 19.4 Å². The van der Waals surface area contributed by atoms with Crippen LogP contribution in [-0.2, 0) is 57.5 Å². The number of nitrogens with zero attached hydrogens (tertiary/aromatic N) is 1. The van der Waals surface area contributed by atoms with E-state index in [9.17, 15) is 72.9 Å². The van der Waals surface area contributed by atoms with Crippen molar-refractivity contribution in [3.63, 3.8) is 0 Å². The number of amides is 11. The molecule has 16 N–H and O–H groups in total. The summed E-state index contributed by atoms with van der Waals surface area (Å²) >= 11 is 0. The van der Waals surface area contributed by atoms with Crippen molar-refractivity contribution in [2.45, 2.75) is 219 Å². The van der Waals surface area contributed by atoms with Gasteiger partial charge in [0.25, 0.3) is 0 Å². The number of aliphatic carboxylic acids is 1. The minimum absolute atomic E-state index is 0.0224. The Morgan fingerprint density at radius 1 is 0.519 bits per heavy atom. The summed E-state index contributed by atoms with van der Waals surface area (Å²) in [6, 6.07) is -13.3. The molecule has 0 saturated carbocycles. The molecule has 0 aromatic heterocycles. The summed E-state index contributed by atoms with van der Waals surface area (Å²) in [6.07, 6.45) is -1.85. The number of aliphatic hydroxyl groups is 2. The molecule has 0 aromatic rings. The highest BCUT2D eigenvalue weighted by Gasteiger charge is 2.42. The predicted molar refractivity (Wildman–Crippen MR) is 287 cm³/mol. The van der Waals surface area contributed by atoms with E-state index in [1.54, 1.807) is 55.4 Å². The summed E-state index contributed by atoms with van der Waals surface area (Å²) < 4.78 is 0. The van der Waals surface area contributed by atoms with E-state index in [1.165, 1.54) is 18.7 Å². The van der Waals surface area contributed by atoms with Crippen LogP contribution in [0, 0.1) is 23.7 Å². The Kier molecular flexibility index (Phi) is 28.8. The second kappa shape index (κ2) is 33.2. The second-order valence-corrected chi connectivity index (χ2v) is 21.9. The SMILES string of the molecule is CC[C@H](C)[C@H](NC(=O)[C@H](CCC(N)=O)NC(=O)[C@@H]1CCCN1C(=O)[C@H](CC(C)C)NC(=O)[C@@H](NC(=O)[C@@H](NC(=O)[C@H](CCC(N)=O)NC(=O)[C@@H]1CCCN1)[C@@H](C)CC)[C@@H](C)O)C(=O)N[C@H](C(=O)N[C@@H](CC(C)C)C(=O)O)[C@@H](C)O. The highest BCUT2D eigenvalue weighted by atomic mass is 16.4. The number of carboxylic acids is 1. The Balaban J connectivity index is 2.37. The largest absolute Gasteiger partial charge is 0.480 e. The summed E-state index contributed by atoms with van der Waals surface area (Å²) in [5.74, 6) is -12.0. The number of rotatable bonds is 34. The maximum absolute atomic E-state index is 14.5. The van der Waals surface area contributed by atoms with E-state index in [4.69, 9.17) is 11.5 Å². The molecule has 0 bridgehead atoms. The van der Waals surface area contributed by atoms with Crippen LogP contribution in [0.1, 0.15) is 146 Å². The lowest BCUT2D eigenvalue weighted by molar-refractivity contribution is -0.144. The molecule has 0 aliphatic carbocycles. The first-order valence-electron chi connectivity index (χ1n) is 27.6. The van der Waals surface area contributed by atoms with Crippen molar-refractivity contribution in [1.29, 1.82) is 0 Å². The molecule has 27 heteroatoms. The standard InChI is InChI=1S/C52H90N12O15/c1-11-27(7)39(60-44(70)32(17-19-37(53)67)56-43(69)31-15-13-21-55-31)47(73)62-41(29(9)65)49(75)58-34(23-25(3)4)51(77)64-22-14-16-36(64)46(72)57-33(18-20-38(54)68)45(71)61-40(28(8)12-2)48(74)63-42(30(10)66)50(76)59-35(52(78)79)24-26(5)6/h25-36,39-42,55,65-66H,11-24H2,1-10H3,(H2,53,67)(H2,54,68)(H,56,69)(H,57,72)(H,58,75)(H,59,76)(H,60,70)(H,61,71)(H,62,73)(H,63,74)(H,78,79)/t27-,28-,29+,30+,31-,32-,33-,34-,35-,36-,39-,40-,41-,42-/m0/s1. The average molecular weight is 1120 g/mol. The normalized spacial score (nSPS) is 19.8. The van der Waals surface area contributed by atoms with Gasteiger partial charge in [-0.25, -0.2) is 4.79 Å². The molecular formula is C52H90N12O15. The first-order chi connectivity index (χ1) is 36.9. The quantitative estimate of drug-likeness (QED) is 0.0309. The first kappa shape index (κ1) is 68.6. The van der Waals surface area contributed by atoms with Crippen molar-refractivity contribution in [3.8, 4) is 0 Å². The number of hydrogen-bond acceptors (Lipinski definition) is 15. The monoisotopic (exact) mass is 1120 g/mol. The number of likely N-dealkylation sites (tertiary alicyclic amines) is 1. The van der Waals surface area contributed by atoms with E-state index >= 15 is 0 Å². The molecule has 14 atom stereocenters. The maximum Gasteiger partial charge on any atom is 0.326 e. The molecule has 2 saturated heterocycles. The third kappa shape index (κ3) is 22.3. The molecule has 11 amide bonds. The summed E-state index contributed by atoms with van der Waals surface area (Å²) in [6.45, 7) is 16.8. The van der Waals surface area contributed by atoms with E-state index in [0.29, 0.717) is 32.2 Å². The minimum atomic E-state index is -1.69. The zero-order chi connectivity index (χ0) is 60.0. The van der Waals surface area contributed by atoms with E-state index in [1.807, 2.05) is 0 Å². The molecule has 2 rings (SSSR count). The first-order valence-corrected chi connectivity index (χ1v) is 27.6. The number of nitrogens with two attached hydrogens (primary N) is 2. The Morgan fingerprint density at radius 3 is 1.30 bits per heavy atom. The number of carboxylic acid groups (broad SMARTS) is 1. The van der Waals surface area contributed by atoms with Gasteiger partial charge in [0.05, 0.1) is 18.2 Å². The van der Waals surface area contributed by atoms with Crippen molar-refractivity contribution in [2.24, 2.45) is 35.1 Å². The van der Waals surface area contributed by atoms with Gasteiger partial charge in [0.15, 0.2) is 0 Å². The second-order valence-electron chi connectivity index (χ2n) is 21.9. The van der Waals surface area contributed by atoms with Gasteiger partial charge in [0.1, 0.15) is 54.4 Å². The lowest BCUT2D eigenvalue weighted by atomic mass is 9.96. The van der Waals surface area contributed by atoms with Crippen LogP contribution in [0.15, 0.2) is 0 Å². The van der Waals surface area contributed by atoms with Gasteiger partial charge in [-0.3, -0.25) is 52.7 Å². The zero-order valence-electron chi connectivity index (χ0n) is 47.5. The summed E-state index contributed by atoms with van der Waals surface area (Å²) in [7, 11) is 0. The fraction of sp³-hybridized carbons (Fsp3) is 0.769. The number of nitrogens with one attached hydrogen (secondary N) is 9. The number of hydrogen-bond donors (Lipinski definition) is 14. The fourth-order valence-corrected chi connectivity index (χ4v) is 9.18. The van der Waals surface area contributed by atoms with Gasteiger partial charge in [-0.15, -0.1) is 0 Å². The van der Waals surface area contributed by atoms with Crippen LogP contribution < -0.4 is 59.3 Å². The topological polar surface area (TPSA) is 429 Å². The molecule has 2 aliphatic heterocycles. The molecule has 27 nitrogen and oxygen atoms in total. The van der Waals surface area contributed by atoms with Gasteiger partial charge in [0.2, 0.25) is 65.0 Å². The summed E-state index contributed by atoms with van der Waals surface area (Å²) in [5.41, 5.74) is 10.8. The molecule has 0 unspecified atom stereocenters. The molecule has 0 spiro atoms. The van der Waals surface area contributed by atoms with Crippen LogP contribution >= 0.6 is 0 Å². The zero-order valence-corrected chi connectivity index (χ0v) is 47.5. The van der Waals surface area contributed by atoms with Gasteiger partial charge in [-0.05, 0) is 95.4 Å². The van der Waals surface area contributed by atoms with E-state index in [0.717, 1.165) is 6.42 Å². The van der Waals surface area contributed by atoms with Gasteiger partial charge < -0.3 is 79.5 Å².